The molecule has 1 aromatic rings. The smallest absolute Gasteiger partial charge is 0.0107 e. The van der Waals surface area contributed by atoms with Gasteiger partial charge in [-0.3, -0.25) is 0 Å². The van der Waals surface area contributed by atoms with E-state index in [2.05, 4.69) is 31.2 Å². The largest absolute Gasteiger partial charge is 0.328 e. The van der Waals surface area contributed by atoms with Gasteiger partial charge in [-0.25, -0.2) is 0 Å². The van der Waals surface area contributed by atoms with Crippen molar-refractivity contribution in [2.45, 2.75) is 49.5 Å². The molecule has 0 amide bonds. The topological polar surface area (TPSA) is 26.0 Å². The maximum atomic E-state index is 6.07. The third-order valence-corrected chi connectivity index (χ3v) is 5.66. The molecule has 3 rings (SSSR count). The first-order valence-electron chi connectivity index (χ1n) is 6.64. The summed E-state index contributed by atoms with van der Waals surface area (Å²) in [4.78, 5) is 1.50. The summed E-state index contributed by atoms with van der Waals surface area (Å²) in [6, 6.07) is 9.37. The molecule has 3 atom stereocenters. The zero-order valence-electron chi connectivity index (χ0n) is 10.5. The van der Waals surface area contributed by atoms with E-state index in [0.29, 0.717) is 11.5 Å². The molecule has 0 radical (unpaired) electrons. The summed E-state index contributed by atoms with van der Waals surface area (Å²) in [5.41, 5.74) is 8.14. The average Bonchev–Trinajstić information content (AvgIpc) is 2.85. The lowest BCUT2D eigenvalue weighted by Crippen LogP contribution is -2.21. The highest BCUT2D eigenvalue weighted by Crippen LogP contribution is 2.49. The molecular weight excluding hydrogens is 226 g/mol. The van der Waals surface area contributed by atoms with E-state index in [9.17, 15) is 0 Å². The molecule has 2 aliphatic rings. The summed E-state index contributed by atoms with van der Waals surface area (Å²) < 4.78 is 0. The molecule has 0 saturated heterocycles. The van der Waals surface area contributed by atoms with Crippen molar-refractivity contribution in [1.82, 2.24) is 0 Å². The maximum Gasteiger partial charge on any atom is 0.0107 e. The lowest BCUT2D eigenvalue weighted by Gasteiger charge is -2.27. The fraction of sp³-hybridized carbons (Fsp3) is 0.600. The Bertz CT molecular complexity index is 417. The van der Waals surface area contributed by atoms with Crippen molar-refractivity contribution in [2.24, 2.45) is 11.1 Å². The van der Waals surface area contributed by atoms with Crippen LogP contribution in [-0.2, 0) is 0 Å². The minimum Gasteiger partial charge on any atom is -0.328 e. The van der Waals surface area contributed by atoms with Crippen LogP contribution in [0.1, 0.15) is 44.1 Å². The van der Waals surface area contributed by atoms with Gasteiger partial charge in [0.1, 0.15) is 0 Å². The number of hydrogen-bond donors (Lipinski definition) is 1. The maximum absolute atomic E-state index is 6.07. The highest BCUT2D eigenvalue weighted by atomic mass is 32.2. The molecule has 1 fully saturated rings. The average molecular weight is 247 g/mol. The number of hydrogen-bond acceptors (Lipinski definition) is 2. The van der Waals surface area contributed by atoms with Gasteiger partial charge in [-0.15, -0.1) is 11.8 Å². The van der Waals surface area contributed by atoms with Crippen LogP contribution in [0.15, 0.2) is 29.2 Å². The van der Waals surface area contributed by atoms with Gasteiger partial charge in [0.2, 0.25) is 0 Å². The molecule has 3 unspecified atom stereocenters. The molecule has 1 heterocycles. The van der Waals surface area contributed by atoms with Gasteiger partial charge in [0.05, 0.1) is 0 Å². The van der Waals surface area contributed by atoms with E-state index in [4.69, 9.17) is 5.73 Å². The lowest BCUT2D eigenvalue weighted by atomic mass is 9.78. The monoisotopic (exact) mass is 247 g/mol. The number of benzene rings is 1. The van der Waals surface area contributed by atoms with Gasteiger partial charge in [0.15, 0.2) is 0 Å². The van der Waals surface area contributed by atoms with Crippen LogP contribution < -0.4 is 5.73 Å². The Morgan fingerprint density at radius 2 is 2.24 bits per heavy atom. The SMILES string of the molecule is CC1(CC2CSc3ccccc32)CCC(N)C1. The molecule has 2 N–H and O–H groups in total. The Morgan fingerprint density at radius 3 is 3.00 bits per heavy atom. The normalized spacial score (nSPS) is 36.1. The molecular formula is C15H21NS. The molecule has 1 nitrogen and oxygen atoms in total. The molecule has 1 aliphatic heterocycles. The zero-order chi connectivity index (χ0) is 11.9. The van der Waals surface area contributed by atoms with Gasteiger partial charge in [-0.2, -0.15) is 0 Å². The second-order valence-electron chi connectivity index (χ2n) is 6.06. The molecule has 17 heavy (non-hydrogen) atoms. The van der Waals surface area contributed by atoms with Crippen molar-refractivity contribution in [3.8, 4) is 0 Å². The first-order valence-corrected chi connectivity index (χ1v) is 7.62. The van der Waals surface area contributed by atoms with Crippen LogP contribution in [-0.4, -0.2) is 11.8 Å². The highest BCUT2D eigenvalue weighted by Gasteiger charge is 2.37. The van der Waals surface area contributed by atoms with E-state index in [1.165, 1.54) is 36.3 Å². The van der Waals surface area contributed by atoms with Gasteiger partial charge in [0, 0.05) is 16.7 Å². The predicted octanol–water partition coefficient (Wildman–Crippen LogP) is 3.78. The summed E-state index contributed by atoms with van der Waals surface area (Å²) >= 11 is 2.03. The standard InChI is InChI=1S/C15H21NS/c1-15(7-6-12(16)9-15)8-11-10-17-14-5-3-2-4-13(11)14/h2-5,11-12H,6-10,16H2,1H3. The van der Waals surface area contributed by atoms with Crippen molar-refractivity contribution < 1.29 is 0 Å². The Labute approximate surface area is 108 Å². The van der Waals surface area contributed by atoms with E-state index in [1.807, 2.05) is 11.8 Å². The second-order valence-corrected chi connectivity index (χ2v) is 7.13. The Hall–Kier alpha value is -0.470. The van der Waals surface area contributed by atoms with E-state index >= 15 is 0 Å². The summed E-state index contributed by atoms with van der Waals surface area (Å²) in [5.74, 6) is 2.02. The molecule has 92 valence electrons. The first kappa shape index (κ1) is 11.6. The van der Waals surface area contributed by atoms with Crippen molar-refractivity contribution in [3.63, 3.8) is 0 Å². The number of nitrogens with two attached hydrogens (primary N) is 1. The van der Waals surface area contributed by atoms with Crippen molar-refractivity contribution >= 4 is 11.8 Å². The molecule has 1 saturated carbocycles. The van der Waals surface area contributed by atoms with Crippen LogP contribution in [0, 0.1) is 5.41 Å². The van der Waals surface area contributed by atoms with Gasteiger partial charge in [-0.1, -0.05) is 25.1 Å². The van der Waals surface area contributed by atoms with Gasteiger partial charge in [0.25, 0.3) is 0 Å². The van der Waals surface area contributed by atoms with E-state index in [-0.39, 0.29) is 0 Å². The second kappa shape index (κ2) is 4.33. The van der Waals surface area contributed by atoms with Crippen molar-refractivity contribution in [2.75, 3.05) is 5.75 Å². The van der Waals surface area contributed by atoms with Crippen LogP contribution in [0.4, 0.5) is 0 Å². The molecule has 1 aromatic carbocycles. The van der Waals surface area contributed by atoms with Gasteiger partial charge < -0.3 is 5.73 Å². The van der Waals surface area contributed by atoms with Gasteiger partial charge in [-0.05, 0) is 48.6 Å². The Kier molecular flexibility index (Phi) is 2.95. The third kappa shape index (κ3) is 2.25. The Balaban J connectivity index is 1.75. The third-order valence-electron chi connectivity index (χ3n) is 4.41. The fourth-order valence-corrected chi connectivity index (χ4v) is 4.80. The van der Waals surface area contributed by atoms with Gasteiger partial charge >= 0.3 is 0 Å². The summed E-state index contributed by atoms with van der Waals surface area (Å²) in [6.07, 6.45) is 5.08. The Morgan fingerprint density at radius 1 is 1.41 bits per heavy atom. The highest BCUT2D eigenvalue weighted by molar-refractivity contribution is 7.99. The van der Waals surface area contributed by atoms with Crippen LogP contribution >= 0.6 is 11.8 Å². The molecule has 0 aromatic heterocycles. The summed E-state index contributed by atoms with van der Waals surface area (Å²) in [5, 5.41) is 0. The van der Waals surface area contributed by atoms with E-state index in [0.717, 1.165) is 5.92 Å². The van der Waals surface area contributed by atoms with E-state index in [1.54, 1.807) is 5.56 Å². The first-order chi connectivity index (χ1) is 8.16. The van der Waals surface area contributed by atoms with Crippen LogP contribution in [0.3, 0.4) is 0 Å². The van der Waals surface area contributed by atoms with Crippen LogP contribution in [0.2, 0.25) is 0 Å². The summed E-state index contributed by atoms with van der Waals surface area (Å²) in [7, 11) is 0. The fourth-order valence-electron chi connectivity index (χ4n) is 3.55. The number of thioether (sulfide) groups is 1. The minimum atomic E-state index is 0.448. The minimum absolute atomic E-state index is 0.448. The number of fused-ring (bicyclic) bond motifs is 1. The molecule has 1 aliphatic carbocycles. The van der Waals surface area contributed by atoms with Crippen LogP contribution in [0.5, 0.6) is 0 Å². The summed E-state index contributed by atoms with van der Waals surface area (Å²) in [6.45, 7) is 2.44. The molecule has 0 bridgehead atoms. The molecule has 0 spiro atoms. The predicted molar refractivity (Wildman–Crippen MR) is 74.5 cm³/mol. The van der Waals surface area contributed by atoms with Crippen LogP contribution in [0.25, 0.3) is 0 Å². The zero-order valence-corrected chi connectivity index (χ0v) is 11.3. The quantitative estimate of drug-likeness (QED) is 0.860. The lowest BCUT2D eigenvalue weighted by molar-refractivity contribution is 0.285. The van der Waals surface area contributed by atoms with Crippen molar-refractivity contribution in [3.05, 3.63) is 29.8 Å². The molecule has 2 heteroatoms. The van der Waals surface area contributed by atoms with E-state index < -0.39 is 0 Å². The van der Waals surface area contributed by atoms with Crippen molar-refractivity contribution in [1.29, 1.82) is 0 Å². The number of rotatable bonds is 2.